The molecule has 0 amide bonds. The number of nitrogens with one attached hydrogen (secondary N) is 1. The Morgan fingerprint density at radius 2 is 2.26 bits per heavy atom. The Balaban J connectivity index is 2.15. The second-order valence-electron chi connectivity index (χ2n) is 4.03. The van der Waals surface area contributed by atoms with E-state index in [-0.39, 0.29) is 4.87 Å². The van der Waals surface area contributed by atoms with Crippen LogP contribution in [0.5, 0.6) is 0 Å². The quantitative estimate of drug-likeness (QED) is 0.755. The number of hydrogen-bond donors (Lipinski definition) is 1. The van der Waals surface area contributed by atoms with Crippen LogP contribution >= 0.6 is 34.5 Å². The molecule has 19 heavy (non-hydrogen) atoms. The van der Waals surface area contributed by atoms with Gasteiger partial charge in [0, 0.05) is 11.1 Å². The van der Waals surface area contributed by atoms with Crippen LogP contribution in [0, 0.1) is 0 Å². The summed E-state index contributed by atoms with van der Waals surface area (Å²) in [6, 6.07) is 5.61. The van der Waals surface area contributed by atoms with E-state index >= 15 is 0 Å². The van der Waals surface area contributed by atoms with Crippen molar-refractivity contribution in [1.82, 2.24) is 14.5 Å². The van der Waals surface area contributed by atoms with Gasteiger partial charge in [-0.3, -0.25) is 4.79 Å². The number of fused-ring (bicyclic) bond motifs is 1. The molecule has 4 nitrogen and oxygen atoms in total. The molecule has 1 N–H and O–H groups in total. The van der Waals surface area contributed by atoms with Crippen LogP contribution in [0.3, 0.4) is 0 Å². The van der Waals surface area contributed by atoms with Gasteiger partial charge in [-0.15, -0.1) is 11.6 Å². The zero-order chi connectivity index (χ0) is 13.4. The molecule has 2 aromatic heterocycles. The Morgan fingerprint density at radius 3 is 2.95 bits per heavy atom. The largest absolute Gasteiger partial charge is 0.321 e. The summed E-state index contributed by atoms with van der Waals surface area (Å²) in [6.07, 6.45) is 0. The molecule has 0 unspecified atom stereocenters. The highest BCUT2D eigenvalue weighted by Gasteiger charge is 2.13. The second kappa shape index (κ2) is 5.00. The van der Waals surface area contributed by atoms with Crippen molar-refractivity contribution in [2.75, 3.05) is 0 Å². The van der Waals surface area contributed by atoms with Crippen LogP contribution in [0.2, 0.25) is 5.02 Å². The third-order valence-electron chi connectivity index (χ3n) is 2.83. The fourth-order valence-corrected chi connectivity index (χ4v) is 2.99. The van der Waals surface area contributed by atoms with Gasteiger partial charge in [0.25, 0.3) is 0 Å². The van der Waals surface area contributed by atoms with Crippen molar-refractivity contribution in [3.8, 4) is 0 Å². The van der Waals surface area contributed by atoms with Crippen molar-refractivity contribution >= 4 is 45.6 Å². The monoisotopic (exact) mass is 313 g/mol. The topological polar surface area (TPSA) is 50.7 Å². The number of para-hydroxylation sites is 1. The lowest BCUT2D eigenvalue weighted by atomic mass is 10.3. The lowest BCUT2D eigenvalue weighted by Gasteiger charge is -2.05. The average molecular weight is 314 g/mol. The average Bonchev–Trinajstić information content (AvgIpc) is 2.96. The molecule has 98 valence electrons. The summed E-state index contributed by atoms with van der Waals surface area (Å²) in [6.45, 7) is 0.525. The molecule has 3 aromatic rings. The molecule has 0 radical (unpaired) electrons. The summed E-state index contributed by atoms with van der Waals surface area (Å²) >= 11 is 13.2. The van der Waals surface area contributed by atoms with Crippen LogP contribution in [-0.2, 0) is 12.4 Å². The Hall–Kier alpha value is -1.30. The highest BCUT2D eigenvalue weighted by Crippen LogP contribution is 2.25. The van der Waals surface area contributed by atoms with Gasteiger partial charge in [-0.05, 0) is 12.1 Å². The molecular weight excluding hydrogens is 305 g/mol. The van der Waals surface area contributed by atoms with E-state index in [0.29, 0.717) is 17.4 Å². The van der Waals surface area contributed by atoms with Crippen LogP contribution in [0.1, 0.15) is 11.5 Å². The summed E-state index contributed by atoms with van der Waals surface area (Å²) in [5.74, 6) is 1.02. The molecule has 0 spiro atoms. The standard InChI is InChI=1S/C12H9Cl2N3OS/c13-4-10-16-11-8(14)2-1-3-9(11)17(10)5-7-6-19-12(18)15-7/h1-3,6H,4-5H2,(H,15,18). The maximum atomic E-state index is 11.2. The minimum Gasteiger partial charge on any atom is -0.321 e. The summed E-state index contributed by atoms with van der Waals surface area (Å²) in [7, 11) is 0. The van der Waals surface area contributed by atoms with Crippen molar-refractivity contribution < 1.29 is 0 Å². The number of imidazole rings is 1. The Labute approximate surface area is 122 Å². The molecule has 2 heterocycles. The summed E-state index contributed by atoms with van der Waals surface area (Å²) in [4.78, 5) is 18.3. The number of nitrogens with zero attached hydrogens (tertiary/aromatic N) is 2. The Bertz CT molecular complexity index is 790. The fourth-order valence-electron chi connectivity index (χ4n) is 2.00. The molecule has 7 heteroatoms. The molecule has 0 bridgehead atoms. The Kier molecular flexibility index (Phi) is 3.35. The maximum absolute atomic E-state index is 11.2. The number of H-pyrrole nitrogens is 1. The van der Waals surface area contributed by atoms with Crippen molar-refractivity contribution in [3.05, 3.63) is 49.8 Å². The van der Waals surface area contributed by atoms with Gasteiger partial charge in [-0.25, -0.2) is 4.98 Å². The normalized spacial score (nSPS) is 11.3. The van der Waals surface area contributed by atoms with Crippen molar-refractivity contribution in [3.63, 3.8) is 0 Å². The lowest BCUT2D eigenvalue weighted by Crippen LogP contribution is -2.05. The highest BCUT2D eigenvalue weighted by atomic mass is 35.5. The lowest BCUT2D eigenvalue weighted by molar-refractivity contribution is 0.761. The first kappa shape index (κ1) is 12.7. The van der Waals surface area contributed by atoms with Gasteiger partial charge in [-0.1, -0.05) is 29.0 Å². The van der Waals surface area contributed by atoms with Gasteiger partial charge in [-0.2, -0.15) is 0 Å². The molecule has 1 aromatic carbocycles. The zero-order valence-corrected chi connectivity index (χ0v) is 12.0. The van der Waals surface area contributed by atoms with E-state index in [4.69, 9.17) is 23.2 Å². The molecule has 0 saturated heterocycles. The molecule has 0 aliphatic carbocycles. The number of thiazole rings is 1. The van der Waals surface area contributed by atoms with E-state index in [9.17, 15) is 4.79 Å². The number of aromatic nitrogens is 3. The van der Waals surface area contributed by atoms with E-state index < -0.39 is 0 Å². The van der Waals surface area contributed by atoms with Crippen molar-refractivity contribution in [1.29, 1.82) is 0 Å². The number of alkyl halides is 1. The van der Waals surface area contributed by atoms with E-state index in [0.717, 1.165) is 33.9 Å². The number of aromatic amines is 1. The SMILES string of the molecule is O=c1[nH]c(Cn2c(CCl)nc3c(Cl)cccc32)cs1. The maximum Gasteiger partial charge on any atom is 0.304 e. The predicted octanol–water partition coefficient (Wildman–Crippen LogP) is 3.23. The minimum atomic E-state index is -0.0649. The first-order valence-electron chi connectivity index (χ1n) is 5.55. The van der Waals surface area contributed by atoms with Gasteiger partial charge < -0.3 is 9.55 Å². The minimum absolute atomic E-state index is 0.0649. The summed E-state index contributed by atoms with van der Waals surface area (Å²) in [5, 5.41) is 2.40. The fraction of sp³-hybridized carbons (Fsp3) is 0.167. The smallest absolute Gasteiger partial charge is 0.304 e. The highest BCUT2D eigenvalue weighted by molar-refractivity contribution is 7.07. The van der Waals surface area contributed by atoms with Crippen LogP contribution in [-0.4, -0.2) is 14.5 Å². The molecule has 0 atom stereocenters. The van der Waals surface area contributed by atoms with Crippen LogP contribution in [0.15, 0.2) is 28.4 Å². The third kappa shape index (κ3) is 2.29. The van der Waals surface area contributed by atoms with Crippen molar-refractivity contribution in [2.24, 2.45) is 0 Å². The van der Waals surface area contributed by atoms with Crippen LogP contribution in [0.25, 0.3) is 11.0 Å². The van der Waals surface area contributed by atoms with E-state index in [1.807, 2.05) is 16.7 Å². The molecule has 0 saturated carbocycles. The van der Waals surface area contributed by atoms with Crippen molar-refractivity contribution in [2.45, 2.75) is 12.4 Å². The van der Waals surface area contributed by atoms with Crippen LogP contribution in [0.4, 0.5) is 0 Å². The van der Waals surface area contributed by atoms with Crippen LogP contribution < -0.4 is 4.87 Å². The third-order valence-corrected chi connectivity index (χ3v) is 4.09. The molecule has 0 fully saturated rings. The first-order valence-corrected chi connectivity index (χ1v) is 7.34. The van der Waals surface area contributed by atoms with Gasteiger partial charge >= 0.3 is 4.87 Å². The van der Waals surface area contributed by atoms with Gasteiger partial charge in [0.15, 0.2) is 0 Å². The number of benzene rings is 1. The predicted molar refractivity (Wildman–Crippen MR) is 78.3 cm³/mol. The molecular formula is C12H9Cl2N3OS. The van der Waals surface area contributed by atoms with Gasteiger partial charge in [0.05, 0.1) is 23.0 Å². The molecule has 0 aliphatic heterocycles. The zero-order valence-electron chi connectivity index (χ0n) is 9.69. The van der Waals surface area contributed by atoms with E-state index in [2.05, 4.69) is 9.97 Å². The molecule has 3 rings (SSSR count). The second-order valence-corrected chi connectivity index (χ2v) is 5.55. The summed E-state index contributed by atoms with van der Waals surface area (Å²) in [5.41, 5.74) is 2.48. The summed E-state index contributed by atoms with van der Waals surface area (Å²) < 4.78 is 1.96. The number of halogens is 2. The number of hydrogen-bond acceptors (Lipinski definition) is 3. The van der Waals surface area contributed by atoms with Gasteiger partial charge in [0.1, 0.15) is 11.3 Å². The number of rotatable bonds is 3. The first-order chi connectivity index (χ1) is 9.19. The Morgan fingerprint density at radius 1 is 1.42 bits per heavy atom. The molecule has 0 aliphatic rings. The van der Waals surface area contributed by atoms with E-state index in [1.165, 1.54) is 0 Å². The van der Waals surface area contributed by atoms with E-state index in [1.54, 1.807) is 11.4 Å². The van der Waals surface area contributed by atoms with Gasteiger partial charge in [0.2, 0.25) is 0 Å².